The predicted molar refractivity (Wildman–Crippen MR) is 112 cm³/mol. The molecular formula is C23H24N2O4. The lowest BCUT2D eigenvalue weighted by molar-refractivity contribution is 0.0696. The summed E-state index contributed by atoms with van der Waals surface area (Å²) >= 11 is 0. The number of carboxylic acid groups (broad SMARTS) is 1. The average Bonchev–Trinajstić information content (AvgIpc) is 3.37. The molecule has 1 aromatic heterocycles. The van der Waals surface area contributed by atoms with Crippen molar-refractivity contribution in [3.8, 4) is 0 Å². The molecule has 0 spiro atoms. The third-order valence-corrected chi connectivity index (χ3v) is 5.66. The van der Waals surface area contributed by atoms with Crippen LogP contribution in [0.4, 0.5) is 10.5 Å². The minimum absolute atomic E-state index is 0.0235. The van der Waals surface area contributed by atoms with Gasteiger partial charge in [0.05, 0.1) is 5.56 Å². The molecule has 1 unspecified atom stereocenters. The largest absolute Gasteiger partial charge is 0.478 e. The fourth-order valence-electron chi connectivity index (χ4n) is 3.98. The summed E-state index contributed by atoms with van der Waals surface area (Å²) < 4.78 is 5.48. The Morgan fingerprint density at radius 3 is 2.55 bits per heavy atom. The lowest BCUT2D eigenvalue weighted by Gasteiger charge is -2.14. The van der Waals surface area contributed by atoms with Crippen LogP contribution in [0.3, 0.4) is 0 Å². The Morgan fingerprint density at radius 1 is 1.14 bits per heavy atom. The molecule has 1 fully saturated rings. The zero-order valence-corrected chi connectivity index (χ0v) is 16.3. The maximum absolute atomic E-state index is 12.2. The maximum Gasteiger partial charge on any atom is 0.411 e. The number of H-pyrrole nitrogens is 1. The molecule has 150 valence electrons. The van der Waals surface area contributed by atoms with E-state index in [1.54, 1.807) is 12.1 Å². The van der Waals surface area contributed by atoms with Crippen LogP contribution in [0, 0.1) is 0 Å². The number of aromatic amines is 1. The van der Waals surface area contributed by atoms with E-state index in [-0.39, 0.29) is 17.6 Å². The number of carbonyl (C=O) groups is 2. The van der Waals surface area contributed by atoms with E-state index in [0.29, 0.717) is 5.69 Å². The second-order valence-corrected chi connectivity index (χ2v) is 7.59. The monoisotopic (exact) mass is 392 g/mol. The number of nitrogens with one attached hydrogen (secondary N) is 2. The molecule has 4 rings (SSSR count). The van der Waals surface area contributed by atoms with Crippen molar-refractivity contribution in [2.45, 2.75) is 44.6 Å². The number of amides is 1. The van der Waals surface area contributed by atoms with E-state index in [0.717, 1.165) is 47.7 Å². The second kappa shape index (κ2) is 7.99. The average molecular weight is 392 g/mol. The van der Waals surface area contributed by atoms with Crippen molar-refractivity contribution in [1.82, 2.24) is 4.98 Å². The molecule has 6 heteroatoms. The summed E-state index contributed by atoms with van der Waals surface area (Å²) in [6.45, 7) is 2.08. The van der Waals surface area contributed by atoms with Crippen molar-refractivity contribution < 1.29 is 19.4 Å². The van der Waals surface area contributed by atoms with Crippen LogP contribution in [0.15, 0.2) is 48.7 Å². The quantitative estimate of drug-likeness (QED) is 0.534. The summed E-state index contributed by atoms with van der Waals surface area (Å²) in [5, 5.41) is 12.9. The molecule has 1 saturated carbocycles. The summed E-state index contributed by atoms with van der Waals surface area (Å²) in [6, 6.07) is 12.7. The van der Waals surface area contributed by atoms with Gasteiger partial charge in [-0.2, -0.15) is 0 Å². The van der Waals surface area contributed by atoms with Gasteiger partial charge in [-0.15, -0.1) is 0 Å². The molecule has 1 aliphatic rings. The number of hydrogen-bond donors (Lipinski definition) is 3. The molecule has 1 heterocycles. The molecule has 1 aliphatic carbocycles. The van der Waals surface area contributed by atoms with Gasteiger partial charge in [0.2, 0.25) is 0 Å². The van der Waals surface area contributed by atoms with Crippen LogP contribution in [0.1, 0.15) is 60.0 Å². The van der Waals surface area contributed by atoms with Crippen molar-refractivity contribution in [2.24, 2.45) is 0 Å². The van der Waals surface area contributed by atoms with Crippen molar-refractivity contribution in [1.29, 1.82) is 0 Å². The van der Waals surface area contributed by atoms with Crippen molar-refractivity contribution in [2.75, 3.05) is 5.32 Å². The molecule has 0 bridgehead atoms. The fraction of sp³-hybridized carbons (Fsp3) is 0.304. The van der Waals surface area contributed by atoms with E-state index in [1.807, 2.05) is 36.5 Å². The van der Waals surface area contributed by atoms with E-state index in [2.05, 4.69) is 17.2 Å². The van der Waals surface area contributed by atoms with Crippen LogP contribution in [0.25, 0.3) is 10.9 Å². The second-order valence-electron chi connectivity index (χ2n) is 7.59. The van der Waals surface area contributed by atoms with Gasteiger partial charge in [-0.05, 0) is 67.1 Å². The lowest BCUT2D eigenvalue weighted by Crippen LogP contribution is -2.20. The first-order valence-electron chi connectivity index (χ1n) is 9.93. The predicted octanol–water partition coefficient (Wildman–Crippen LogP) is 5.51. The number of ether oxygens (including phenoxy) is 1. The summed E-state index contributed by atoms with van der Waals surface area (Å²) in [6.07, 6.45) is 5.67. The SMILES string of the molecule is CC(c1ccc(C(=O)O)cc1)c1c[nH]c2ccc(NC(=O)OC3CCCC3)cc12. The van der Waals surface area contributed by atoms with Gasteiger partial charge in [0.1, 0.15) is 6.10 Å². The molecule has 1 atom stereocenters. The van der Waals surface area contributed by atoms with E-state index >= 15 is 0 Å². The summed E-state index contributed by atoms with van der Waals surface area (Å²) in [4.78, 5) is 26.5. The topological polar surface area (TPSA) is 91.4 Å². The third-order valence-electron chi connectivity index (χ3n) is 5.66. The Labute approximate surface area is 168 Å². The molecule has 1 amide bonds. The lowest BCUT2D eigenvalue weighted by atomic mass is 9.92. The molecule has 0 radical (unpaired) electrons. The Balaban J connectivity index is 1.54. The highest BCUT2D eigenvalue weighted by molar-refractivity contribution is 5.92. The molecule has 29 heavy (non-hydrogen) atoms. The summed E-state index contributed by atoms with van der Waals surface area (Å²) in [7, 11) is 0. The highest BCUT2D eigenvalue weighted by Crippen LogP contribution is 2.32. The molecule has 2 aromatic carbocycles. The zero-order valence-electron chi connectivity index (χ0n) is 16.3. The van der Waals surface area contributed by atoms with Gasteiger partial charge < -0.3 is 14.8 Å². The fourth-order valence-corrected chi connectivity index (χ4v) is 3.98. The first kappa shape index (κ1) is 19.1. The molecule has 6 nitrogen and oxygen atoms in total. The van der Waals surface area contributed by atoms with Gasteiger partial charge in [0.15, 0.2) is 0 Å². The number of carboxylic acids is 1. The van der Waals surface area contributed by atoms with Gasteiger partial charge in [-0.3, -0.25) is 5.32 Å². The van der Waals surface area contributed by atoms with E-state index < -0.39 is 12.1 Å². The van der Waals surface area contributed by atoms with E-state index in [1.165, 1.54) is 0 Å². The number of aromatic carboxylic acids is 1. The number of fused-ring (bicyclic) bond motifs is 1. The Hall–Kier alpha value is -3.28. The molecule has 3 N–H and O–H groups in total. The number of benzene rings is 2. The van der Waals surface area contributed by atoms with Crippen LogP contribution < -0.4 is 5.32 Å². The number of hydrogen-bond acceptors (Lipinski definition) is 3. The zero-order chi connectivity index (χ0) is 20.4. The highest BCUT2D eigenvalue weighted by Gasteiger charge is 2.20. The van der Waals surface area contributed by atoms with E-state index in [9.17, 15) is 9.59 Å². The first-order valence-corrected chi connectivity index (χ1v) is 9.93. The van der Waals surface area contributed by atoms with Crippen molar-refractivity contribution in [3.05, 3.63) is 65.4 Å². The van der Waals surface area contributed by atoms with Gasteiger partial charge >= 0.3 is 12.1 Å². The molecule has 3 aromatic rings. The van der Waals surface area contributed by atoms with Crippen LogP contribution in [-0.4, -0.2) is 28.3 Å². The summed E-state index contributed by atoms with van der Waals surface area (Å²) in [5.41, 5.74) is 4.04. The number of carbonyl (C=O) groups excluding carboxylic acids is 1. The third kappa shape index (κ3) is 4.11. The van der Waals surface area contributed by atoms with Gasteiger partial charge in [-0.25, -0.2) is 9.59 Å². The highest BCUT2D eigenvalue weighted by atomic mass is 16.6. The van der Waals surface area contributed by atoms with Crippen molar-refractivity contribution >= 4 is 28.7 Å². The minimum atomic E-state index is -0.934. The molecular weight excluding hydrogens is 368 g/mol. The molecule has 0 aliphatic heterocycles. The first-order chi connectivity index (χ1) is 14.0. The summed E-state index contributed by atoms with van der Waals surface area (Å²) in [5.74, 6) is -0.871. The van der Waals surface area contributed by atoms with Gasteiger partial charge in [-0.1, -0.05) is 19.1 Å². The van der Waals surface area contributed by atoms with Gasteiger partial charge in [0, 0.05) is 28.7 Å². The normalized spacial score (nSPS) is 15.3. The van der Waals surface area contributed by atoms with Gasteiger partial charge in [0.25, 0.3) is 0 Å². The molecule has 0 saturated heterocycles. The number of anilines is 1. The minimum Gasteiger partial charge on any atom is -0.478 e. The Kier molecular flexibility index (Phi) is 5.25. The Bertz CT molecular complexity index is 1030. The van der Waals surface area contributed by atoms with Crippen LogP contribution in [-0.2, 0) is 4.74 Å². The van der Waals surface area contributed by atoms with Crippen molar-refractivity contribution in [3.63, 3.8) is 0 Å². The van der Waals surface area contributed by atoms with Crippen LogP contribution in [0.2, 0.25) is 0 Å². The van der Waals surface area contributed by atoms with Crippen LogP contribution >= 0.6 is 0 Å². The number of rotatable bonds is 5. The maximum atomic E-state index is 12.2. The van der Waals surface area contributed by atoms with E-state index in [4.69, 9.17) is 9.84 Å². The standard InChI is InChI=1S/C23H24N2O4/c1-14(15-6-8-16(9-7-15)22(26)27)20-13-24-21-11-10-17(12-19(20)21)25-23(28)29-18-4-2-3-5-18/h6-14,18,24H,2-5H2,1H3,(H,25,28)(H,26,27). The Morgan fingerprint density at radius 2 is 1.86 bits per heavy atom. The number of aromatic nitrogens is 1. The smallest absolute Gasteiger partial charge is 0.411 e. The van der Waals surface area contributed by atoms with Crippen LogP contribution in [0.5, 0.6) is 0 Å².